The van der Waals surface area contributed by atoms with Gasteiger partial charge in [-0.15, -0.1) is 11.3 Å². The standard InChI is InChI=1S/C12H13N3S/c1-14-12(15-6-2-3-7-15)9-10(13-14)11-5-4-8-16-11/h2-8,12H,9H2,1H3. The molecule has 82 valence electrons. The molecule has 0 radical (unpaired) electrons. The van der Waals surface area contributed by atoms with E-state index in [0.29, 0.717) is 6.17 Å². The van der Waals surface area contributed by atoms with Crippen LogP contribution in [0, 0.1) is 0 Å². The summed E-state index contributed by atoms with van der Waals surface area (Å²) in [6.07, 6.45) is 5.49. The van der Waals surface area contributed by atoms with E-state index in [2.05, 4.69) is 51.7 Å². The molecule has 0 saturated carbocycles. The highest BCUT2D eigenvalue weighted by Gasteiger charge is 2.25. The predicted molar refractivity (Wildman–Crippen MR) is 66.7 cm³/mol. The molecule has 0 aliphatic carbocycles. The molecule has 0 saturated heterocycles. The number of hydrazone groups is 1. The molecule has 0 aromatic carbocycles. The maximum atomic E-state index is 4.61. The Morgan fingerprint density at radius 2 is 2.12 bits per heavy atom. The van der Waals surface area contributed by atoms with E-state index in [-0.39, 0.29) is 0 Å². The summed E-state index contributed by atoms with van der Waals surface area (Å²) in [6.45, 7) is 0. The number of thiophene rings is 1. The molecule has 3 nitrogen and oxygen atoms in total. The van der Waals surface area contributed by atoms with Crippen LogP contribution in [0.2, 0.25) is 0 Å². The van der Waals surface area contributed by atoms with Gasteiger partial charge < -0.3 is 4.57 Å². The van der Waals surface area contributed by atoms with Gasteiger partial charge in [0.25, 0.3) is 0 Å². The van der Waals surface area contributed by atoms with E-state index in [1.165, 1.54) is 10.6 Å². The van der Waals surface area contributed by atoms with E-state index in [1.807, 2.05) is 12.1 Å². The summed E-state index contributed by atoms with van der Waals surface area (Å²) in [5, 5.41) is 8.74. The fourth-order valence-electron chi connectivity index (χ4n) is 2.04. The second-order valence-corrected chi connectivity index (χ2v) is 4.86. The zero-order chi connectivity index (χ0) is 11.0. The van der Waals surface area contributed by atoms with Crippen LogP contribution in [0.1, 0.15) is 17.5 Å². The predicted octanol–water partition coefficient (Wildman–Crippen LogP) is 2.79. The van der Waals surface area contributed by atoms with Crippen molar-refractivity contribution in [3.8, 4) is 0 Å². The van der Waals surface area contributed by atoms with Gasteiger partial charge >= 0.3 is 0 Å². The van der Waals surface area contributed by atoms with Crippen molar-refractivity contribution in [3.63, 3.8) is 0 Å². The van der Waals surface area contributed by atoms with E-state index < -0.39 is 0 Å². The van der Waals surface area contributed by atoms with Crippen molar-refractivity contribution >= 4 is 17.0 Å². The molecule has 0 fully saturated rings. The quantitative estimate of drug-likeness (QED) is 0.778. The molecule has 1 unspecified atom stereocenters. The average molecular weight is 231 g/mol. The molecule has 1 aliphatic rings. The Kier molecular flexibility index (Phi) is 2.29. The number of nitrogens with zero attached hydrogens (tertiary/aromatic N) is 3. The molecular weight excluding hydrogens is 218 g/mol. The maximum Gasteiger partial charge on any atom is 0.127 e. The zero-order valence-corrected chi connectivity index (χ0v) is 9.89. The van der Waals surface area contributed by atoms with Gasteiger partial charge in [-0.25, -0.2) is 0 Å². The van der Waals surface area contributed by atoms with Crippen molar-refractivity contribution in [2.45, 2.75) is 12.6 Å². The first kappa shape index (κ1) is 9.66. The largest absolute Gasteiger partial charge is 0.332 e. The Morgan fingerprint density at radius 3 is 2.81 bits per heavy atom. The Balaban J connectivity index is 1.85. The van der Waals surface area contributed by atoms with E-state index in [4.69, 9.17) is 0 Å². The van der Waals surface area contributed by atoms with E-state index >= 15 is 0 Å². The van der Waals surface area contributed by atoms with Gasteiger partial charge in [0.05, 0.1) is 10.6 Å². The van der Waals surface area contributed by atoms with Crippen LogP contribution in [0.15, 0.2) is 47.1 Å². The minimum Gasteiger partial charge on any atom is -0.332 e. The highest BCUT2D eigenvalue weighted by Crippen LogP contribution is 2.27. The van der Waals surface area contributed by atoms with Crippen LogP contribution < -0.4 is 0 Å². The van der Waals surface area contributed by atoms with Crippen LogP contribution >= 0.6 is 11.3 Å². The molecular formula is C12H13N3S. The summed E-state index contributed by atoms with van der Waals surface area (Å²) in [4.78, 5) is 1.28. The number of aromatic nitrogens is 1. The van der Waals surface area contributed by atoms with Crippen molar-refractivity contribution in [1.82, 2.24) is 9.58 Å². The lowest BCUT2D eigenvalue weighted by molar-refractivity contribution is 0.215. The van der Waals surface area contributed by atoms with Crippen molar-refractivity contribution in [2.75, 3.05) is 7.05 Å². The lowest BCUT2D eigenvalue weighted by atomic mass is 10.2. The molecule has 3 rings (SSSR count). The summed E-state index contributed by atoms with van der Waals surface area (Å²) in [7, 11) is 2.03. The van der Waals surface area contributed by atoms with E-state index in [0.717, 1.165) is 6.42 Å². The van der Waals surface area contributed by atoms with Crippen molar-refractivity contribution in [3.05, 3.63) is 46.9 Å². The topological polar surface area (TPSA) is 20.5 Å². The van der Waals surface area contributed by atoms with Gasteiger partial charge in [-0.05, 0) is 23.6 Å². The van der Waals surface area contributed by atoms with Crippen LogP contribution in [0.4, 0.5) is 0 Å². The Hall–Kier alpha value is -1.55. The molecule has 1 aliphatic heterocycles. The third kappa shape index (κ3) is 1.55. The van der Waals surface area contributed by atoms with E-state index in [1.54, 1.807) is 11.3 Å². The molecule has 0 N–H and O–H groups in total. The third-order valence-corrected chi connectivity index (χ3v) is 3.78. The molecule has 16 heavy (non-hydrogen) atoms. The average Bonchev–Trinajstić information content (AvgIpc) is 2.97. The zero-order valence-electron chi connectivity index (χ0n) is 9.08. The monoisotopic (exact) mass is 231 g/mol. The van der Waals surface area contributed by atoms with Crippen molar-refractivity contribution in [2.24, 2.45) is 5.10 Å². The van der Waals surface area contributed by atoms with Gasteiger partial charge in [-0.2, -0.15) is 5.10 Å². The van der Waals surface area contributed by atoms with Crippen molar-refractivity contribution < 1.29 is 0 Å². The number of hydrogen-bond acceptors (Lipinski definition) is 3. The summed E-state index contributed by atoms with van der Waals surface area (Å²) in [5.74, 6) is 0. The minimum atomic E-state index is 0.326. The highest BCUT2D eigenvalue weighted by atomic mass is 32.1. The maximum absolute atomic E-state index is 4.61. The van der Waals surface area contributed by atoms with Crippen LogP contribution in [-0.2, 0) is 0 Å². The van der Waals surface area contributed by atoms with Gasteiger partial charge in [0.1, 0.15) is 6.17 Å². The summed E-state index contributed by atoms with van der Waals surface area (Å²) >= 11 is 1.75. The molecule has 3 heterocycles. The van der Waals surface area contributed by atoms with Gasteiger partial charge in [-0.3, -0.25) is 5.01 Å². The van der Waals surface area contributed by atoms with Crippen LogP contribution in [0.25, 0.3) is 0 Å². The van der Waals surface area contributed by atoms with Gasteiger partial charge in [0.2, 0.25) is 0 Å². The first-order valence-corrected chi connectivity index (χ1v) is 6.19. The molecule has 2 aromatic rings. The lowest BCUT2D eigenvalue weighted by Gasteiger charge is -2.20. The minimum absolute atomic E-state index is 0.326. The second kappa shape index (κ2) is 3.79. The van der Waals surface area contributed by atoms with Gasteiger partial charge in [0.15, 0.2) is 0 Å². The molecule has 4 heteroatoms. The Morgan fingerprint density at radius 1 is 1.31 bits per heavy atom. The molecule has 0 amide bonds. The van der Waals surface area contributed by atoms with Crippen LogP contribution in [-0.4, -0.2) is 22.3 Å². The Labute approximate surface area is 98.6 Å². The fourth-order valence-corrected chi connectivity index (χ4v) is 2.76. The SMILES string of the molecule is CN1N=C(c2cccs2)CC1n1cccc1. The first-order valence-electron chi connectivity index (χ1n) is 5.31. The van der Waals surface area contributed by atoms with Crippen LogP contribution in [0.3, 0.4) is 0 Å². The summed E-state index contributed by atoms with van der Waals surface area (Å²) < 4.78 is 2.20. The van der Waals surface area contributed by atoms with E-state index in [9.17, 15) is 0 Å². The highest BCUT2D eigenvalue weighted by molar-refractivity contribution is 7.12. The van der Waals surface area contributed by atoms with Gasteiger partial charge in [0, 0.05) is 25.9 Å². The molecule has 2 aromatic heterocycles. The molecule has 0 bridgehead atoms. The van der Waals surface area contributed by atoms with Crippen molar-refractivity contribution in [1.29, 1.82) is 0 Å². The van der Waals surface area contributed by atoms with Gasteiger partial charge in [-0.1, -0.05) is 6.07 Å². The number of rotatable bonds is 2. The lowest BCUT2D eigenvalue weighted by Crippen LogP contribution is -2.19. The summed E-state index contributed by atoms with van der Waals surface area (Å²) in [5.41, 5.74) is 1.19. The molecule has 0 spiro atoms. The second-order valence-electron chi connectivity index (χ2n) is 3.91. The normalized spacial score (nSPS) is 20.2. The number of hydrogen-bond donors (Lipinski definition) is 0. The first-order chi connectivity index (χ1) is 7.84. The summed E-state index contributed by atoms with van der Waals surface area (Å²) in [6, 6.07) is 8.31. The fraction of sp³-hybridized carbons (Fsp3) is 0.250. The Bertz CT molecular complexity index is 484. The van der Waals surface area contributed by atoms with Crippen LogP contribution in [0.5, 0.6) is 0 Å². The third-order valence-electron chi connectivity index (χ3n) is 2.86. The smallest absolute Gasteiger partial charge is 0.127 e. The molecule has 1 atom stereocenters.